The van der Waals surface area contributed by atoms with E-state index in [2.05, 4.69) is 4.98 Å². The van der Waals surface area contributed by atoms with Gasteiger partial charge in [0.2, 0.25) is 0 Å². The van der Waals surface area contributed by atoms with Crippen LogP contribution in [0.15, 0.2) is 94.5 Å². The monoisotopic (exact) mass is 486 g/mol. The number of methoxy groups -OCH3 is 1. The Morgan fingerprint density at radius 2 is 1.53 bits per heavy atom. The molecule has 3 aromatic carbocycles. The van der Waals surface area contributed by atoms with Gasteiger partial charge in [0.15, 0.2) is 5.69 Å². The van der Waals surface area contributed by atoms with Crippen molar-refractivity contribution in [3.05, 3.63) is 117 Å². The maximum Gasteiger partial charge on any atom is 0.330 e. The quantitative estimate of drug-likeness (QED) is 0.375. The lowest BCUT2D eigenvalue weighted by atomic mass is 10.1. The number of amides is 1. The summed E-state index contributed by atoms with van der Waals surface area (Å²) < 4.78 is 12.2. The molecule has 0 unspecified atom stereocenters. The van der Waals surface area contributed by atoms with Crippen LogP contribution in [0.1, 0.15) is 15.9 Å². The number of carbonyl (C=O) groups excluding carboxylic acids is 1. The average Bonchev–Trinajstić information content (AvgIpc) is 2.89. The Morgan fingerprint density at radius 3 is 2.17 bits per heavy atom. The Hall–Kier alpha value is -4.63. The molecule has 3 N–H and O–H groups in total. The molecule has 0 saturated carbocycles. The number of aromatic nitrogens is 2. The largest absolute Gasteiger partial charge is 0.457 e. The average molecular weight is 487 g/mol. The third-order valence-electron chi connectivity index (χ3n) is 5.51. The second-order valence-electron chi connectivity index (χ2n) is 7.95. The van der Waals surface area contributed by atoms with E-state index in [1.807, 2.05) is 60.7 Å². The molecule has 1 amide bonds. The van der Waals surface area contributed by atoms with Gasteiger partial charge in [-0.1, -0.05) is 48.5 Å². The predicted octanol–water partition coefficient (Wildman–Crippen LogP) is 3.25. The van der Waals surface area contributed by atoms with Crippen molar-refractivity contribution < 1.29 is 14.3 Å². The fourth-order valence-electron chi connectivity index (χ4n) is 3.70. The Labute approximate surface area is 207 Å². The third-order valence-corrected chi connectivity index (χ3v) is 5.51. The van der Waals surface area contributed by atoms with E-state index in [1.165, 1.54) is 16.6 Å². The molecule has 4 aromatic rings. The Balaban J connectivity index is 1.67. The van der Waals surface area contributed by atoms with Crippen LogP contribution in [0.2, 0.25) is 0 Å². The van der Waals surface area contributed by atoms with Crippen LogP contribution in [0.25, 0.3) is 0 Å². The van der Waals surface area contributed by atoms with Gasteiger partial charge in [-0.3, -0.25) is 24.0 Å². The Kier molecular flexibility index (Phi) is 7.62. The lowest BCUT2D eigenvalue weighted by Gasteiger charge is -2.24. The van der Waals surface area contributed by atoms with Crippen molar-refractivity contribution in [2.45, 2.75) is 6.54 Å². The first-order valence-corrected chi connectivity index (χ1v) is 11.3. The predicted molar refractivity (Wildman–Crippen MR) is 138 cm³/mol. The molecule has 9 heteroatoms. The highest BCUT2D eigenvalue weighted by Gasteiger charge is 2.25. The number of aromatic amines is 1. The lowest BCUT2D eigenvalue weighted by molar-refractivity contribution is 0.0975. The summed E-state index contributed by atoms with van der Waals surface area (Å²) in [5.74, 6) is 0.634. The highest BCUT2D eigenvalue weighted by molar-refractivity contribution is 6.07. The van der Waals surface area contributed by atoms with Gasteiger partial charge in [-0.25, -0.2) is 4.79 Å². The van der Waals surface area contributed by atoms with Crippen LogP contribution < -0.4 is 26.6 Å². The molecule has 1 heterocycles. The van der Waals surface area contributed by atoms with Crippen LogP contribution >= 0.6 is 0 Å². The molecule has 9 nitrogen and oxygen atoms in total. The Morgan fingerprint density at radius 1 is 0.917 bits per heavy atom. The van der Waals surface area contributed by atoms with Crippen molar-refractivity contribution in [1.82, 2.24) is 9.55 Å². The van der Waals surface area contributed by atoms with E-state index in [9.17, 15) is 14.4 Å². The van der Waals surface area contributed by atoms with Gasteiger partial charge in [0.25, 0.3) is 11.5 Å². The number of rotatable bonds is 9. The summed E-state index contributed by atoms with van der Waals surface area (Å²) in [7, 11) is 1.49. The maximum absolute atomic E-state index is 13.5. The summed E-state index contributed by atoms with van der Waals surface area (Å²) in [5.41, 5.74) is 5.92. The van der Waals surface area contributed by atoms with Crippen LogP contribution in [0, 0.1) is 0 Å². The number of anilines is 2. The number of benzene rings is 3. The second kappa shape index (κ2) is 11.2. The van der Waals surface area contributed by atoms with E-state index in [0.717, 1.165) is 5.56 Å². The standard InChI is InChI=1S/C27H26N4O5/c1-35-17-16-30(26(33)20-12-14-22(15-13-20)36-21-10-6-3-7-11-21)23-24(28)31(27(34)29-25(23)32)18-19-8-4-2-5-9-19/h2-15H,16-18,28H2,1H3,(H,29,32,34). The summed E-state index contributed by atoms with van der Waals surface area (Å²) in [6.07, 6.45) is 0. The topological polar surface area (TPSA) is 120 Å². The fourth-order valence-corrected chi connectivity index (χ4v) is 3.70. The Bertz CT molecular complexity index is 1430. The summed E-state index contributed by atoms with van der Waals surface area (Å²) in [5, 5.41) is 0. The number of ether oxygens (including phenoxy) is 2. The van der Waals surface area contributed by atoms with Crippen molar-refractivity contribution >= 4 is 17.4 Å². The number of nitrogens with two attached hydrogens (primary N) is 1. The molecular weight excluding hydrogens is 460 g/mol. The van der Waals surface area contributed by atoms with Gasteiger partial charge in [-0.2, -0.15) is 0 Å². The smallest absolute Gasteiger partial charge is 0.330 e. The van der Waals surface area contributed by atoms with Crippen LogP contribution in [0.3, 0.4) is 0 Å². The van der Waals surface area contributed by atoms with Crippen molar-refractivity contribution in [1.29, 1.82) is 0 Å². The van der Waals surface area contributed by atoms with Gasteiger partial charge in [-0.05, 0) is 42.0 Å². The molecule has 184 valence electrons. The zero-order chi connectivity index (χ0) is 25.5. The van der Waals surface area contributed by atoms with Crippen molar-refractivity contribution in [3.8, 4) is 11.5 Å². The molecular formula is C27H26N4O5. The van der Waals surface area contributed by atoms with Crippen LogP contribution in [-0.4, -0.2) is 35.7 Å². The summed E-state index contributed by atoms with van der Waals surface area (Å²) in [6.45, 7) is 0.333. The summed E-state index contributed by atoms with van der Waals surface area (Å²) in [4.78, 5) is 42.5. The zero-order valence-electron chi connectivity index (χ0n) is 19.7. The van der Waals surface area contributed by atoms with Crippen molar-refractivity contribution in [3.63, 3.8) is 0 Å². The van der Waals surface area contributed by atoms with Crippen molar-refractivity contribution in [2.24, 2.45) is 0 Å². The van der Waals surface area contributed by atoms with Gasteiger partial charge in [-0.15, -0.1) is 0 Å². The number of para-hydroxylation sites is 1. The van der Waals surface area contributed by atoms with Crippen LogP contribution in [-0.2, 0) is 11.3 Å². The SMILES string of the molecule is COCCN(C(=O)c1ccc(Oc2ccccc2)cc1)c1c(N)n(Cc2ccccc2)c(=O)[nH]c1=O. The van der Waals surface area contributed by atoms with E-state index < -0.39 is 17.2 Å². The molecule has 0 aliphatic carbocycles. The van der Waals surface area contributed by atoms with Gasteiger partial charge in [0.05, 0.1) is 13.2 Å². The van der Waals surface area contributed by atoms with Gasteiger partial charge in [0, 0.05) is 19.2 Å². The minimum absolute atomic E-state index is 0.0500. The summed E-state index contributed by atoms with van der Waals surface area (Å²) in [6, 6.07) is 25.0. The fraction of sp³-hybridized carbons (Fsp3) is 0.148. The molecule has 0 fully saturated rings. The van der Waals surface area contributed by atoms with Gasteiger partial charge >= 0.3 is 5.69 Å². The van der Waals surface area contributed by atoms with Crippen LogP contribution in [0.5, 0.6) is 11.5 Å². The lowest BCUT2D eigenvalue weighted by Crippen LogP contribution is -2.42. The number of nitrogens with one attached hydrogen (secondary N) is 1. The number of hydrogen-bond acceptors (Lipinski definition) is 6. The third kappa shape index (κ3) is 5.53. The first-order valence-electron chi connectivity index (χ1n) is 11.3. The zero-order valence-corrected chi connectivity index (χ0v) is 19.7. The normalized spacial score (nSPS) is 10.7. The molecule has 36 heavy (non-hydrogen) atoms. The molecule has 4 rings (SSSR count). The van der Waals surface area contributed by atoms with Crippen molar-refractivity contribution in [2.75, 3.05) is 30.9 Å². The first-order chi connectivity index (χ1) is 17.5. The molecule has 0 spiro atoms. The highest BCUT2D eigenvalue weighted by atomic mass is 16.5. The number of hydrogen-bond donors (Lipinski definition) is 2. The minimum Gasteiger partial charge on any atom is -0.457 e. The highest BCUT2D eigenvalue weighted by Crippen LogP contribution is 2.24. The minimum atomic E-state index is -0.754. The first kappa shape index (κ1) is 24.5. The number of nitrogen functional groups attached to an aromatic ring is 1. The molecule has 0 saturated heterocycles. The molecule has 0 bridgehead atoms. The second-order valence-corrected chi connectivity index (χ2v) is 7.95. The van der Waals surface area contributed by atoms with E-state index >= 15 is 0 Å². The number of nitrogens with zero attached hydrogens (tertiary/aromatic N) is 2. The molecule has 0 atom stereocenters. The molecule has 0 aliphatic rings. The molecule has 0 aliphatic heterocycles. The van der Waals surface area contributed by atoms with E-state index in [-0.39, 0.29) is 31.2 Å². The van der Waals surface area contributed by atoms with Gasteiger partial charge < -0.3 is 15.2 Å². The van der Waals surface area contributed by atoms with E-state index in [4.69, 9.17) is 15.2 Å². The summed E-state index contributed by atoms with van der Waals surface area (Å²) >= 11 is 0. The van der Waals surface area contributed by atoms with Gasteiger partial charge in [0.1, 0.15) is 17.3 Å². The maximum atomic E-state index is 13.5. The molecule has 0 radical (unpaired) electrons. The van der Waals surface area contributed by atoms with E-state index in [1.54, 1.807) is 24.3 Å². The molecule has 1 aromatic heterocycles. The van der Waals surface area contributed by atoms with Crippen LogP contribution in [0.4, 0.5) is 11.5 Å². The number of carbonyl (C=O) groups is 1. The van der Waals surface area contributed by atoms with E-state index in [0.29, 0.717) is 17.1 Å². The number of H-pyrrole nitrogens is 1.